The number of phenolic OH excluding ortho intramolecular Hbond substituents is 1. The predicted molar refractivity (Wildman–Crippen MR) is 88.5 cm³/mol. The second-order valence-electron chi connectivity index (χ2n) is 5.05. The van der Waals surface area contributed by atoms with Gasteiger partial charge in [0.15, 0.2) is 5.82 Å². The number of nitrogens with zero attached hydrogens (tertiary/aromatic N) is 3. The van der Waals surface area contributed by atoms with Gasteiger partial charge in [0.05, 0.1) is 5.52 Å². The molecule has 6 nitrogen and oxygen atoms in total. The van der Waals surface area contributed by atoms with Crippen molar-refractivity contribution < 1.29 is 5.11 Å². The molecule has 1 aromatic carbocycles. The van der Waals surface area contributed by atoms with Crippen molar-refractivity contribution in [2.75, 3.05) is 5.32 Å². The summed E-state index contributed by atoms with van der Waals surface area (Å²) in [5.41, 5.74) is 3.33. The fourth-order valence-electron chi connectivity index (χ4n) is 2.39. The summed E-state index contributed by atoms with van der Waals surface area (Å²) in [6, 6.07) is 12.6. The van der Waals surface area contributed by atoms with Crippen molar-refractivity contribution in [3.8, 4) is 17.1 Å². The van der Waals surface area contributed by atoms with Crippen LogP contribution in [-0.4, -0.2) is 25.0 Å². The molecule has 0 amide bonds. The molecule has 0 atom stereocenters. The fraction of sp³-hybridized carbons (Fsp3) is 0. The summed E-state index contributed by atoms with van der Waals surface area (Å²) in [7, 11) is 0. The number of phenols is 1. The first-order valence-corrected chi connectivity index (χ1v) is 7.11. The van der Waals surface area contributed by atoms with Gasteiger partial charge in [0.1, 0.15) is 17.1 Å². The maximum absolute atomic E-state index is 9.57. The summed E-state index contributed by atoms with van der Waals surface area (Å²) >= 11 is 0. The SMILES string of the molecule is Oc1cccc(Nc2nccc3[nH]c(-c4ccncc4)nc23)c1. The molecule has 0 fully saturated rings. The molecule has 0 saturated carbocycles. The number of rotatable bonds is 3. The molecular weight excluding hydrogens is 290 g/mol. The van der Waals surface area contributed by atoms with Crippen LogP contribution in [0.1, 0.15) is 0 Å². The summed E-state index contributed by atoms with van der Waals surface area (Å²) in [5, 5.41) is 12.8. The third-order valence-electron chi connectivity index (χ3n) is 3.46. The van der Waals surface area contributed by atoms with E-state index in [9.17, 15) is 5.11 Å². The van der Waals surface area contributed by atoms with E-state index < -0.39 is 0 Å². The van der Waals surface area contributed by atoms with Gasteiger partial charge in [-0.15, -0.1) is 0 Å². The minimum absolute atomic E-state index is 0.196. The van der Waals surface area contributed by atoms with Gasteiger partial charge in [-0.1, -0.05) is 6.07 Å². The molecule has 0 bridgehead atoms. The van der Waals surface area contributed by atoms with Crippen molar-refractivity contribution >= 4 is 22.5 Å². The Balaban J connectivity index is 1.77. The quantitative estimate of drug-likeness (QED) is 0.539. The highest BCUT2D eigenvalue weighted by atomic mass is 16.3. The minimum Gasteiger partial charge on any atom is -0.508 e. The first kappa shape index (κ1) is 13.3. The number of imidazole rings is 1. The van der Waals surface area contributed by atoms with Gasteiger partial charge < -0.3 is 15.4 Å². The topological polar surface area (TPSA) is 86.7 Å². The van der Waals surface area contributed by atoms with Gasteiger partial charge in [-0.05, 0) is 30.3 Å². The van der Waals surface area contributed by atoms with Crippen LogP contribution in [-0.2, 0) is 0 Å². The van der Waals surface area contributed by atoms with Gasteiger partial charge in [-0.25, -0.2) is 9.97 Å². The average Bonchev–Trinajstić information content (AvgIpc) is 3.01. The zero-order chi connectivity index (χ0) is 15.6. The maximum Gasteiger partial charge on any atom is 0.158 e. The molecule has 0 aliphatic carbocycles. The van der Waals surface area contributed by atoms with Crippen LogP contribution in [0.3, 0.4) is 0 Å². The summed E-state index contributed by atoms with van der Waals surface area (Å²) in [4.78, 5) is 16.3. The first-order valence-electron chi connectivity index (χ1n) is 7.11. The molecule has 3 aromatic heterocycles. The number of H-pyrrole nitrogens is 1. The van der Waals surface area contributed by atoms with Crippen LogP contribution >= 0.6 is 0 Å². The molecule has 0 aliphatic heterocycles. The van der Waals surface area contributed by atoms with E-state index in [1.807, 2.05) is 24.3 Å². The van der Waals surface area contributed by atoms with E-state index >= 15 is 0 Å². The van der Waals surface area contributed by atoms with Gasteiger partial charge in [-0.3, -0.25) is 4.98 Å². The molecular formula is C17H13N5O. The minimum atomic E-state index is 0.196. The molecule has 112 valence electrons. The molecule has 4 aromatic rings. The van der Waals surface area contributed by atoms with Crippen molar-refractivity contribution in [2.24, 2.45) is 0 Å². The van der Waals surface area contributed by atoms with Gasteiger partial charge in [-0.2, -0.15) is 0 Å². The van der Waals surface area contributed by atoms with Gasteiger partial charge in [0.25, 0.3) is 0 Å². The van der Waals surface area contributed by atoms with E-state index in [-0.39, 0.29) is 5.75 Å². The lowest BCUT2D eigenvalue weighted by Gasteiger charge is -2.05. The van der Waals surface area contributed by atoms with Crippen LogP contribution in [0, 0.1) is 0 Å². The Morgan fingerprint density at radius 2 is 1.87 bits per heavy atom. The van der Waals surface area contributed by atoms with Crippen LogP contribution in [0.2, 0.25) is 0 Å². The molecule has 0 spiro atoms. The largest absolute Gasteiger partial charge is 0.508 e. The van der Waals surface area contributed by atoms with Crippen molar-refractivity contribution in [3.63, 3.8) is 0 Å². The highest BCUT2D eigenvalue weighted by molar-refractivity contribution is 5.89. The third kappa shape index (κ3) is 2.57. The van der Waals surface area contributed by atoms with Crippen LogP contribution in [0.25, 0.3) is 22.4 Å². The van der Waals surface area contributed by atoms with Crippen molar-refractivity contribution in [2.45, 2.75) is 0 Å². The van der Waals surface area contributed by atoms with E-state index in [4.69, 9.17) is 0 Å². The Morgan fingerprint density at radius 3 is 2.70 bits per heavy atom. The van der Waals surface area contributed by atoms with E-state index in [1.54, 1.807) is 36.8 Å². The van der Waals surface area contributed by atoms with Crippen LogP contribution in [0.15, 0.2) is 61.1 Å². The number of nitrogens with one attached hydrogen (secondary N) is 2. The number of hydrogen-bond acceptors (Lipinski definition) is 5. The molecule has 4 rings (SSSR count). The van der Waals surface area contributed by atoms with E-state index in [2.05, 4.69) is 25.3 Å². The number of aromatic nitrogens is 4. The molecule has 0 saturated heterocycles. The molecule has 0 unspecified atom stereocenters. The lowest BCUT2D eigenvalue weighted by Crippen LogP contribution is -1.94. The standard InChI is InChI=1S/C17H13N5O/c23-13-3-1-2-12(10-13)20-17-15-14(6-9-19-17)21-16(22-15)11-4-7-18-8-5-11/h1-10,23H,(H,19,20)(H,21,22). The lowest BCUT2D eigenvalue weighted by molar-refractivity contribution is 0.475. The Morgan fingerprint density at radius 1 is 1.00 bits per heavy atom. The first-order chi connectivity index (χ1) is 11.3. The number of hydrogen-bond donors (Lipinski definition) is 3. The summed E-state index contributed by atoms with van der Waals surface area (Å²) < 4.78 is 0. The highest BCUT2D eigenvalue weighted by Crippen LogP contribution is 2.27. The Bertz CT molecular complexity index is 965. The fourth-order valence-corrected chi connectivity index (χ4v) is 2.39. The predicted octanol–water partition coefficient (Wildman–Crippen LogP) is 3.47. The molecule has 3 heterocycles. The third-order valence-corrected chi connectivity index (χ3v) is 3.46. The monoisotopic (exact) mass is 303 g/mol. The number of benzene rings is 1. The number of pyridine rings is 2. The number of anilines is 2. The normalized spacial score (nSPS) is 10.8. The Labute approximate surface area is 131 Å². The van der Waals surface area contributed by atoms with Crippen molar-refractivity contribution in [3.05, 3.63) is 61.1 Å². The smallest absolute Gasteiger partial charge is 0.158 e. The van der Waals surface area contributed by atoms with E-state index in [0.717, 1.165) is 28.1 Å². The lowest BCUT2D eigenvalue weighted by atomic mass is 10.2. The maximum atomic E-state index is 9.57. The molecule has 6 heteroatoms. The summed E-state index contributed by atoms with van der Waals surface area (Å²) in [5.74, 6) is 1.58. The van der Waals surface area contributed by atoms with E-state index in [1.165, 1.54) is 0 Å². The molecule has 3 N–H and O–H groups in total. The zero-order valence-corrected chi connectivity index (χ0v) is 12.1. The average molecular weight is 303 g/mol. The van der Waals surface area contributed by atoms with Crippen molar-refractivity contribution in [1.29, 1.82) is 0 Å². The molecule has 0 radical (unpaired) electrons. The summed E-state index contributed by atoms with van der Waals surface area (Å²) in [6.07, 6.45) is 5.17. The zero-order valence-electron chi connectivity index (χ0n) is 12.1. The number of fused-ring (bicyclic) bond motifs is 1. The Kier molecular flexibility index (Phi) is 3.12. The second kappa shape index (κ2) is 5.42. The second-order valence-corrected chi connectivity index (χ2v) is 5.05. The van der Waals surface area contributed by atoms with Crippen LogP contribution in [0.4, 0.5) is 11.5 Å². The van der Waals surface area contributed by atoms with Gasteiger partial charge in [0, 0.05) is 35.9 Å². The van der Waals surface area contributed by atoms with Crippen LogP contribution < -0.4 is 5.32 Å². The van der Waals surface area contributed by atoms with Gasteiger partial charge in [0.2, 0.25) is 0 Å². The number of aromatic amines is 1. The Hall–Kier alpha value is -3.41. The molecule has 23 heavy (non-hydrogen) atoms. The summed E-state index contributed by atoms with van der Waals surface area (Å²) in [6.45, 7) is 0. The number of aromatic hydroxyl groups is 1. The molecule has 0 aliphatic rings. The van der Waals surface area contributed by atoms with E-state index in [0.29, 0.717) is 5.82 Å². The van der Waals surface area contributed by atoms with Crippen molar-refractivity contribution in [1.82, 2.24) is 19.9 Å². The van der Waals surface area contributed by atoms with Crippen LogP contribution in [0.5, 0.6) is 5.75 Å². The highest BCUT2D eigenvalue weighted by Gasteiger charge is 2.10. The van der Waals surface area contributed by atoms with Gasteiger partial charge >= 0.3 is 0 Å².